The molecule has 0 spiro atoms. The van der Waals surface area contributed by atoms with Gasteiger partial charge < -0.3 is 4.43 Å². The van der Waals surface area contributed by atoms with Crippen LogP contribution in [0.15, 0.2) is 0 Å². The fraction of sp³-hybridized carbons (Fsp3) is 1.00. The van der Waals surface area contributed by atoms with Gasteiger partial charge in [-0.3, -0.25) is 0 Å². The van der Waals surface area contributed by atoms with E-state index >= 15 is 0 Å². The quantitative estimate of drug-likeness (QED) is 0.488. The maximum Gasteiger partial charge on any atom is 0.147 e. The molecule has 13 heavy (non-hydrogen) atoms. The number of hydrogen-bond acceptors (Lipinski definition) is 1. The Morgan fingerprint density at radius 1 is 1.23 bits per heavy atom. The summed E-state index contributed by atoms with van der Waals surface area (Å²) in [5, 5.41) is 0. The topological polar surface area (TPSA) is 9.23 Å². The first-order valence-electron chi connectivity index (χ1n) is 6.01. The second-order valence-corrected chi connectivity index (χ2v) is 12.4. The lowest BCUT2D eigenvalue weighted by Crippen LogP contribution is -2.29. The predicted octanol–water partition coefficient (Wildman–Crippen LogP) is 2.18. The molecule has 1 saturated heterocycles. The van der Waals surface area contributed by atoms with E-state index in [9.17, 15) is 0 Å². The molecule has 0 aliphatic carbocycles. The van der Waals surface area contributed by atoms with E-state index in [2.05, 4.69) is 6.92 Å². The highest BCUT2D eigenvalue weighted by molar-refractivity contribution is 7.10. The Labute approximate surface area is 86.6 Å². The van der Waals surface area contributed by atoms with Gasteiger partial charge in [-0.05, 0) is 6.42 Å². The van der Waals surface area contributed by atoms with Gasteiger partial charge in [-0.15, -0.1) is 0 Å². The molecule has 3 heteroatoms. The molecule has 0 saturated carbocycles. The van der Waals surface area contributed by atoms with E-state index < -0.39 is 0 Å². The first kappa shape index (κ1) is 11.5. The van der Waals surface area contributed by atoms with Gasteiger partial charge in [-0.1, -0.05) is 51.1 Å². The van der Waals surface area contributed by atoms with Crippen molar-refractivity contribution in [1.29, 1.82) is 0 Å². The third-order valence-corrected chi connectivity index (χ3v) is 11.0. The summed E-state index contributed by atoms with van der Waals surface area (Å²) in [6.07, 6.45) is 8.69. The standard InChI is InChI=1S/C10H24OSi2/c1-2-3-4-5-6-9-13-10-7-8-11-12-13/h13H,2-10,12H2,1H3. The van der Waals surface area contributed by atoms with Gasteiger partial charge in [0.1, 0.15) is 9.28 Å². The van der Waals surface area contributed by atoms with Crippen LogP contribution in [-0.2, 0) is 4.43 Å². The molecule has 1 heterocycles. The van der Waals surface area contributed by atoms with Gasteiger partial charge in [-0.25, -0.2) is 0 Å². The van der Waals surface area contributed by atoms with Crippen molar-refractivity contribution in [2.75, 3.05) is 6.61 Å². The summed E-state index contributed by atoms with van der Waals surface area (Å²) in [6.45, 7) is 3.39. The average Bonchev–Trinajstić information content (AvgIpc) is 2.19. The van der Waals surface area contributed by atoms with E-state index in [4.69, 9.17) is 4.43 Å². The molecule has 0 aromatic rings. The maximum absolute atomic E-state index is 5.66. The Bertz CT molecular complexity index is 113. The van der Waals surface area contributed by atoms with Gasteiger partial charge in [-0.2, -0.15) is 0 Å². The third-order valence-electron chi connectivity index (χ3n) is 2.97. The molecule has 0 aromatic carbocycles. The zero-order chi connectivity index (χ0) is 9.36. The van der Waals surface area contributed by atoms with Crippen LogP contribution in [-0.4, -0.2) is 24.2 Å². The van der Waals surface area contributed by atoms with E-state index in [0.29, 0.717) is 0 Å². The Morgan fingerprint density at radius 2 is 2.08 bits per heavy atom. The molecule has 1 aliphatic rings. The zero-order valence-corrected chi connectivity index (χ0v) is 11.6. The van der Waals surface area contributed by atoms with Crippen LogP contribution in [0.2, 0.25) is 12.1 Å². The highest BCUT2D eigenvalue weighted by atomic mass is 29.2. The van der Waals surface area contributed by atoms with Crippen molar-refractivity contribution in [2.24, 2.45) is 0 Å². The summed E-state index contributed by atoms with van der Waals surface area (Å²) >= 11 is 0. The fourth-order valence-corrected chi connectivity index (χ4v) is 9.24. The van der Waals surface area contributed by atoms with Crippen molar-refractivity contribution in [3.8, 4) is 0 Å². The molecular weight excluding hydrogens is 192 g/mol. The molecule has 1 atom stereocenters. The zero-order valence-electron chi connectivity index (χ0n) is 9.06. The molecule has 1 nitrogen and oxygen atoms in total. The summed E-state index contributed by atoms with van der Waals surface area (Å²) in [6, 6.07) is 3.22. The first-order valence-corrected chi connectivity index (χ1v) is 11.5. The molecule has 0 amide bonds. The lowest BCUT2D eigenvalue weighted by Gasteiger charge is -2.19. The molecule has 0 bridgehead atoms. The summed E-state index contributed by atoms with van der Waals surface area (Å²) in [7, 11) is -0.239. The Morgan fingerprint density at radius 3 is 2.77 bits per heavy atom. The maximum atomic E-state index is 5.66. The minimum Gasteiger partial charge on any atom is -0.428 e. The van der Waals surface area contributed by atoms with Crippen LogP contribution < -0.4 is 0 Å². The van der Waals surface area contributed by atoms with Crippen LogP contribution in [0.25, 0.3) is 0 Å². The molecular formula is C10H24OSi2. The smallest absolute Gasteiger partial charge is 0.147 e. The molecule has 1 fully saturated rings. The normalized spacial score (nSPS) is 25.2. The van der Waals surface area contributed by atoms with Gasteiger partial charge in [0.2, 0.25) is 0 Å². The Kier molecular flexibility index (Phi) is 6.85. The molecule has 1 rings (SSSR count). The number of rotatable bonds is 6. The van der Waals surface area contributed by atoms with Gasteiger partial charge >= 0.3 is 0 Å². The minimum absolute atomic E-state index is 0.0219. The van der Waals surface area contributed by atoms with Crippen molar-refractivity contribution < 1.29 is 4.43 Å². The first-order chi connectivity index (χ1) is 6.43. The van der Waals surface area contributed by atoms with Crippen LogP contribution in [0, 0.1) is 0 Å². The lowest BCUT2D eigenvalue weighted by atomic mass is 10.2. The molecule has 0 aromatic heterocycles. The summed E-state index contributed by atoms with van der Waals surface area (Å²) in [4.78, 5) is 0. The number of unbranched alkanes of at least 4 members (excludes halogenated alkanes) is 4. The SMILES string of the molecule is CCCCCCC[SiH]1CCCO[SiH2]1. The fourth-order valence-electron chi connectivity index (χ4n) is 2.07. The third kappa shape index (κ3) is 5.65. The van der Waals surface area contributed by atoms with Crippen LogP contribution in [0.4, 0.5) is 0 Å². The van der Waals surface area contributed by atoms with Crippen molar-refractivity contribution in [1.82, 2.24) is 0 Å². The van der Waals surface area contributed by atoms with E-state index in [1.807, 2.05) is 0 Å². The van der Waals surface area contributed by atoms with Crippen LogP contribution >= 0.6 is 0 Å². The van der Waals surface area contributed by atoms with Crippen LogP contribution in [0.5, 0.6) is 0 Å². The largest absolute Gasteiger partial charge is 0.428 e. The second kappa shape index (κ2) is 7.77. The van der Waals surface area contributed by atoms with Crippen LogP contribution in [0.3, 0.4) is 0 Å². The lowest BCUT2D eigenvalue weighted by molar-refractivity contribution is 0.335. The predicted molar refractivity (Wildman–Crippen MR) is 64.6 cm³/mol. The van der Waals surface area contributed by atoms with E-state index in [-0.39, 0.29) is 17.6 Å². The summed E-state index contributed by atoms with van der Waals surface area (Å²) in [5.74, 6) is 0. The second-order valence-electron chi connectivity index (χ2n) is 4.29. The average molecular weight is 216 g/mol. The van der Waals surface area contributed by atoms with Gasteiger partial charge in [0, 0.05) is 6.61 Å². The van der Waals surface area contributed by atoms with E-state index in [1.54, 1.807) is 12.1 Å². The molecule has 1 aliphatic heterocycles. The summed E-state index contributed by atoms with van der Waals surface area (Å²) < 4.78 is 5.66. The summed E-state index contributed by atoms with van der Waals surface area (Å²) in [5.41, 5.74) is 0. The molecule has 78 valence electrons. The van der Waals surface area contributed by atoms with Crippen LogP contribution in [0.1, 0.15) is 45.4 Å². The van der Waals surface area contributed by atoms with Gasteiger partial charge in [0.25, 0.3) is 0 Å². The molecule has 1 unspecified atom stereocenters. The van der Waals surface area contributed by atoms with Crippen molar-refractivity contribution >= 4 is 17.6 Å². The molecule has 0 radical (unpaired) electrons. The Balaban J connectivity index is 1.86. The monoisotopic (exact) mass is 216 g/mol. The molecule has 0 N–H and O–H groups in total. The van der Waals surface area contributed by atoms with Gasteiger partial charge in [0.05, 0.1) is 8.31 Å². The number of hydrogen-bond donors (Lipinski definition) is 0. The minimum atomic E-state index is -0.261. The van der Waals surface area contributed by atoms with E-state index in [0.717, 1.165) is 6.61 Å². The highest BCUT2D eigenvalue weighted by Crippen LogP contribution is 2.13. The van der Waals surface area contributed by atoms with E-state index in [1.165, 1.54) is 38.5 Å². The van der Waals surface area contributed by atoms with Gasteiger partial charge in [0.15, 0.2) is 0 Å². The van der Waals surface area contributed by atoms with Crippen molar-refractivity contribution in [3.63, 3.8) is 0 Å². The van der Waals surface area contributed by atoms with Crippen molar-refractivity contribution in [2.45, 2.75) is 57.5 Å². The van der Waals surface area contributed by atoms with Crippen molar-refractivity contribution in [3.05, 3.63) is 0 Å². The Hall–Kier alpha value is 0.394. The highest BCUT2D eigenvalue weighted by Gasteiger charge is 2.15.